The van der Waals surface area contributed by atoms with Gasteiger partial charge in [-0.25, -0.2) is 0 Å². The Balaban J connectivity index is -0.00000288. The van der Waals surface area contributed by atoms with Gasteiger partial charge in [-0.3, -0.25) is 0 Å². The Hall–Kier alpha value is 0.270. The Labute approximate surface area is 180 Å². The standard InChI is InChI=1S/C24H50O.H3N.H2S/c1-3-5-7-9-11-13-15-17-19-21-23-25-24-22-20-18-16-14-12-10-8-6-4-2;;/h3-24H2,1-2H3;1H3;1H2. The molecule has 0 aromatic carbocycles. The minimum absolute atomic E-state index is 0. The fourth-order valence-electron chi connectivity index (χ4n) is 3.49. The molecule has 0 heterocycles. The van der Waals surface area contributed by atoms with Crippen LogP contribution in [-0.2, 0) is 4.74 Å². The Morgan fingerprint density at radius 2 is 0.593 bits per heavy atom. The van der Waals surface area contributed by atoms with Crippen LogP contribution in [0.1, 0.15) is 142 Å². The predicted molar refractivity (Wildman–Crippen MR) is 130 cm³/mol. The third kappa shape index (κ3) is 31.2. The number of hydrogen-bond acceptors (Lipinski definition) is 2. The van der Waals surface area contributed by atoms with Gasteiger partial charge in [-0.2, -0.15) is 13.5 Å². The molecule has 0 aliphatic heterocycles. The van der Waals surface area contributed by atoms with Crippen molar-refractivity contribution in [3.63, 3.8) is 0 Å². The number of ether oxygens (including phenoxy) is 1. The van der Waals surface area contributed by atoms with Crippen molar-refractivity contribution in [2.24, 2.45) is 0 Å². The van der Waals surface area contributed by atoms with Gasteiger partial charge in [-0.05, 0) is 12.8 Å². The van der Waals surface area contributed by atoms with Gasteiger partial charge in [0.25, 0.3) is 0 Å². The van der Waals surface area contributed by atoms with Crippen LogP contribution in [0.15, 0.2) is 0 Å². The molecule has 3 heteroatoms. The van der Waals surface area contributed by atoms with Crippen molar-refractivity contribution in [1.29, 1.82) is 0 Å². The lowest BCUT2D eigenvalue weighted by Crippen LogP contribution is -1.97. The predicted octanol–water partition coefficient (Wildman–Crippen LogP) is 9.12. The summed E-state index contributed by atoms with van der Waals surface area (Å²) < 4.78 is 5.78. The van der Waals surface area contributed by atoms with E-state index in [9.17, 15) is 0 Å². The second-order valence-electron chi connectivity index (χ2n) is 7.98. The van der Waals surface area contributed by atoms with E-state index in [1.165, 1.54) is 128 Å². The zero-order valence-corrected chi connectivity index (χ0v) is 20.2. The molecule has 0 rings (SSSR count). The minimum atomic E-state index is 0. The zero-order valence-electron chi connectivity index (χ0n) is 19.2. The molecule has 0 aromatic heterocycles. The van der Waals surface area contributed by atoms with Gasteiger partial charge in [0.2, 0.25) is 0 Å². The van der Waals surface area contributed by atoms with E-state index in [-0.39, 0.29) is 19.6 Å². The van der Waals surface area contributed by atoms with Crippen molar-refractivity contribution in [2.45, 2.75) is 142 Å². The molecule has 3 N–H and O–H groups in total. The van der Waals surface area contributed by atoms with Crippen molar-refractivity contribution in [3.8, 4) is 0 Å². The second kappa shape index (κ2) is 31.0. The van der Waals surface area contributed by atoms with Crippen LogP contribution in [0.25, 0.3) is 0 Å². The van der Waals surface area contributed by atoms with Gasteiger partial charge in [0.15, 0.2) is 0 Å². The van der Waals surface area contributed by atoms with Gasteiger partial charge in [0.05, 0.1) is 0 Å². The minimum Gasteiger partial charge on any atom is -0.381 e. The van der Waals surface area contributed by atoms with Crippen LogP contribution in [0.5, 0.6) is 0 Å². The summed E-state index contributed by atoms with van der Waals surface area (Å²) in [7, 11) is 0. The van der Waals surface area contributed by atoms with E-state index in [0.29, 0.717) is 0 Å². The normalized spacial score (nSPS) is 10.4. The van der Waals surface area contributed by atoms with Gasteiger partial charge in [-0.15, -0.1) is 0 Å². The maximum atomic E-state index is 5.78. The molecule has 0 fully saturated rings. The van der Waals surface area contributed by atoms with E-state index < -0.39 is 0 Å². The van der Waals surface area contributed by atoms with E-state index in [0.717, 1.165) is 13.2 Å². The zero-order chi connectivity index (χ0) is 18.3. The van der Waals surface area contributed by atoms with Crippen LogP contribution < -0.4 is 6.15 Å². The average molecular weight is 406 g/mol. The Kier molecular flexibility index (Phi) is 36.7. The summed E-state index contributed by atoms with van der Waals surface area (Å²) in [4.78, 5) is 0. The van der Waals surface area contributed by atoms with Gasteiger partial charge in [0, 0.05) is 13.2 Å². The van der Waals surface area contributed by atoms with Gasteiger partial charge >= 0.3 is 0 Å². The molecular weight excluding hydrogens is 350 g/mol. The van der Waals surface area contributed by atoms with Crippen molar-refractivity contribution in [3.05, 3.63) is 0 Å². The van der Waals surface area contributed by atoms with Crippen molar-refractivity contribution >= 4 is 13.5 Å². The highest BCUT2D eigenvalue weighted by molar-refractivity contribution is 7.59. The average Bonchev–Trinajstić information content (AvgIpc) is 2.63. The topological polar surface area (TPSA) is 44.2 Å². The summed E-state index contributed by atoms with van der Waals surface area (Å²) in [5.41, 5.74) is 0. The van der Waals surface area contributed by atoms with Crippen LogP contribution in [0.4, 0.5) is 0 Å². The quantitative estimate of drug-likeness (QED) is 0.182. The van der Waals surface area contributed by atoms with Crippen LogP contribution in [0, 0.1) is 0 Å². The number of unbranched alkanes of at least 4 members (excludes halogenated alkanes) is 18. The Morgan fingerprint density at radius 1 is 0.370 bits per heavy atom. The molecule has 0 aliphatic rings. The first-order chi connectivity index (χ1) is 12.4. The highest BCUT2D eigenvalue weighted by Gasteiger charge is 1.95. The summed E-state index contributed by atoms with van der Waals surface area (Å²) >= 11 is 0. The summed E-state index contributed by atoms with van der Waals surface area (Å²) in [5, 5.41) is 0. The number of hydrogen-bond donors (Lipinski definition) is 1. The van der Waals surface area contributed by atoms with E-state index in [2.05, 4.69) is 13.8 Å². The van der Waals surface area contributed by atoms with Crippen LogP contribution >= 0.6 is 13.5 Å². The Morgan fingerprint density at radius 3 is 0.852 bits per heavy atom. The monoisotopic (exact) mass is 405 g/mol. The van der Waals surface area contributed by atoms with Gasteiger partial charge in [-0.1, -0.05) is 129 Å². The smallest absolute Gasteiger partial charge is 0.0466 e. The SMILES string of the molecule is CCCCCCCCCCCCOCCCCCCCCCCCC.N.S. The van der Waals surface area contributed by atoms with Crippen molar-refractivity contribution in [1.82, 2.24) is 6.15 Å². The van der Waals surface area contributed by atoms with E-state index in [1.54, 1.807) is 0 Å². The van der Waals surface area contributed by atoms with E-state index in [4.69, 9.17) is 4.74 Å². The van der Waals surface area contributed by atoms with E-state index >= 15 is 0 Å². The number of rotatable bonds is 22. The molecule has 0 saturated heterocycles. The maximum Gasteiger partial charge on any atom is 0.0466 e. The van der Waals surface area contributed by atoms with E-state index in [1.807, 2.05) is 0 Å². The second-order valence-corrected chi connectivity index (χ2v) is 7.98. The van der Waals surface area contributed by atoms with Gasteiger partial charge in [0.1, 0.15) is 0 Å². The van der Waals surface area contributed by atoms with Crippen molar-refractivity contribution < 1.29 is 4.74 Å². The highest BCUT2D eigenvalue weighted by Crippen LogP contribution is 2.12. The van der Waals surface area contributed by atoms with Crippen LogP contribution in [0.2, 0.25) is 0 Å². The largest absolute Gasteiger partial charge is 0.381 e. The lowest BCUT2D eigenvalue weighted by Gasteiger charge is -2.05. The summed E-state index contributed by atoms with van der Waals surface area (Å²) in [6, 6.07) is 0. The summed E-state index contributed by atoms with van der Waals surface area (Å²) in [6.07, 6.45) is 28.2. The van der Waals surface area contributed by atoms with Crippen LogP contribution in [-0.4, -0.2) is 13.2 Å². The first-order valence-corrected chi connectivity index (χ1v) is 12.0. The lowest BCUT2D eigenvalue weighted by molar-refractivity contribution is 0.125. The third-order valence-corrected chi connectivity index (χ3v) is 5.28. The molecule has 0 atom stereocenters. The molecule has 0 amide bonds. The molecular formula is C24H55NOS. The molecule has 0 spiro atoms. The highest BCUT2D eigenvalue weighted by atomic mass is 32.1. The molecule has 0 unspecified atom stereocenters. The molecule has 0 bridgehead atoms. The molecule has 0 radical (unpaired) electrons. The maximum absolute atomic E-state index is 5.78. The summed E-state index contributed by atoms with van der Waals surface area (Å²) in [5.74, 6) is 0. The molecule has 0 aromatic rings. The third-order valence-electron chi connectivity index (χ3n) is 5.28. The van der Waals surface area contributed by atoms with Crippen molar-refractivity contribution in [2.75, 3.05) is 13.2 Å². The Bertz CT molecular complexity index is 204. The molecule has 0 saturated carbocycles. The first kappa shape index (κ1) is 31.9. The summed E-state index contributed by atoms with van der Waals surface area (Å²) in [6.45, 7) is 6.57. The molecule has 168 valence electrons. The molecule has 27 heavy (non-hydrogen) atoms. The molecule has 0 aliphatic carbocycles. The fourth-order valence-corrected chi connectivity index (χ4v) is 3.49. The lowest BCUT2D eigenvalue weighted by atomic mass is 10.1. The first-order valence-electron chi connectivity index (χ1n) is 12.0. The van der Waals surface area contributed by atoms with Crippen LogP contribution in [0.3, 0.4) is 0 Å². The fraction of sp³-hybridized carbons (Fsp3) is 1.00. The van der Waals surface area contributed by atoms with Gasteiger partial charge < -0.3 is 10.9 Å². The molecule has 2 nitrogen and oxygen atoms in total.